The number of nitrogens with one attached hydrogen (secondary N) is 2. The van der Waals surface area contributed by atoms with Crippen molar-refractivity contribution >= 4 is 11.8 Å². The summed E-state index contributed by atoms with van der Waals surface area (Å²) in [7, 11) is 0. The first-order valence-electron chi connectivity index (χ1n) is 6.38. The average Bonchev–Trinajstić information content (AvgIpc) is 2.65. The van der Waals surface area contributed by atoms with E-state index in [2.05, 4.69) is 24.5 Å². The number of hydrogen-bond donors (Lipinski definition) is 2. The molecule has 96 valence electrons. The van der Waals surface area contributed by atoms with Gasteiger partial charge in [0.2, 0.25) is 0 Å². The highest BCUT2D eigenvalue weighted by Crippen LogP contribution is 2.21. The number of imide groups is 1. The minimum absolute atomic E-state index is 0.267. The van der Waals surface area contributed by atoms with E-state index < -0.39 is 0 Å². The topological polar surface area (TPSA) is 58.2 Å². The second-order valence-corrected chi connectivity index (χ2v) is 4.49. The Labute approximate surface area is 107 Å². The summed E-state index contributed by atoms with van der Waals surface area (Å²) in [6, 6.07) is 5.81. The molecule has 0 fully saturated rings. The van der Waals surface area contributed by atoms with Crippen molar-refractivity contribution in [2.75, 3.05) is 6.54 Å². The third-order valence-electron chi connectivity index (χ3n) is 3.30. The molecule has 0 aromatic heterocycles. The second kappa shape index (κ2) is 5.31. The minimum atomic E-state index is -0.284. The van der Waals surface area contributed by atoms with Crippen molar-refractivity contribution in [3.8, 4) is 0 Å². The lowest BCUT2D eigenvalue weighted by Gasteiger charge is -2.16. The molecule has 0 spiro atoms. The second-order valence-electron chi connectivity index (χ2n) is 4.49. The van der Waals surface area contributed by atoms with Crippen molar-refractivity contribution in [3.05, 3.63) is 34.9 Å². The Balaban J connectivity index is 2.30. The van der Waals surface area contributed by atoms with Gasteiger partial charge >= 0.3 is 0 Å². The fourth-order valence-corrected chi connectivity index (χ4v) is 2.38. The summed E-state index contributed by atoms with van der Waals surface area (Å²) in [6.45, 7) is 5.08. The molecule has 1 aliphatic heterocycles. The summed E-state index contributed by atoms with van der Waals surface area (Å²) in [4.78, 5) is 23.3. The van der Waals surface area contributed by atoms with Crippen molar-refractivity contribution < 1.29 is 9.59 Å². The van der Waals surface area contributed by atoms with Gasteiger partial charge in [0.05, 0.1) is 11.1 Å². The van der Waals surface area contributed by atoms with E-state index in [0.29, 0.717) is 17.2 Å². The van der Waals surface area contributed by atoms with E-state index in [1.807, 2.05) is 12.1 Å². The van der Waals surface area contributed by atoms with E-state index in [1.165, 1.54) is 0 Å². The summed E-state index contributed by atoms with van der Waals surface area (Å²) in [5, 5.41) is 5.73. The van der Waals surface area contributed by atoms with Gasteiger partial charge in [-0.3, -0.25) is 14.9 Å². The molecule has 1 aromatic rings. The van der Waals surface area contributed by atoms with E-state index in [-0.39, 0.29) is 11.8 Å². The van der Waals surface area contributed by atoms with Crippen LogP contribution in [0.2, 0.25) is 0 Å². The van der Waals surface area contributed by atoms with Crippen molar-refractivity contribution in [1.82, 2.24) is 10.6 Å². The Morgan fingerprint density at radius 2 is 2.00 bits per heavy atom. The molecule has 0 radical (unpaired) electrons. The van der Waals surface area contributed by atoms with Crippen molar-refractivity contribution in [2.45, 2.75) is 32.7 Å². The Kier molecular flexibility index (Phi) is 3.77. The number of amides is 2. The van der Waals surface area contributed by atoms with Gasteiger partial charge in [0.15, 0.2) is 0 Å². The van der Waals surface area contributed by atoms with Crippen LogP contribution in [0.1, 0.15) is 46.5 Å². The maximum absolute atomic E-state index is 11.8. The van der Waals surface area contributed by atoms with Gasteiger partial charge in [0.25, 0.3) is 11.8 Å². The van der Waals surface area contributed by atoms with Crippen molar-refractivity contribution in [1.29, 1.82) is 0 Å². The van der Waals surface area contributed by atoms with Crippen LogP contribution in [-0.4, -0.2) is 24.4 Å². The van der Waals surface area contributed by atoms with E-state index in [9.17, 15) is 9.59 Å². The van der Waals surface area contributed by atoms with Crippen LogP contribution >= 0.6 is 0 Å². The molecule has 0 aliphatic carbocycles. The molecule has 1 unspecified atom stereocenters. The zero-order valence-corrected chi connectivity index (χ0v) is 10.7. The first kappa shape index (κ1) is 12.8. The number of likely N-dealkylation sites (N-methyl/N-ethyl adjacent to an activating group) is 1. The fourth-order valence-electron chi connectivity index (χ4n) is 2.38. The zero-order valence-electron chi connectivity index (χ0n) is 10.7. The third kappa shape index (κ3) is 2.29. The molecule has 2 amide bonds. The van der Waals surface area contributed by atoms with Crippen LogP contribution in [0.4, 0.5) is 0 Å². The first-order valence-corrected chi connectivity index (χ1v) is 6.38. The summed E-state index contributed by atoms with van der Waals surface area (Å²) in [6.07, 6.45) is 1.77. The highest BCUT2D eigenvalue weighted by atomic mass is 16.2. The summed E-state index contributed by atoms with van der Waals surface area (Å²) in [5.41, 5.74) is 2.01. The summed E-state index contributed by atoms with van der Waals surface area (Å²) < 4.78 is 0. The Hall–Kier alpha value is -1.68. The van der Waals surface area contributed by atoms with Crippen LogP contribution in [0.5, 0.6) is 0 Å². The predicted octanol–water partition coefficient (Wildman–Crippen LogP) is 1.50. The lowest BCUT2D eigenvalue weighted by molar-refractivity contribution is 0.0879. The number of fused-ring (bicyclic) bond motifs is 1. The lowest BCUT2D eigenvalue weighted by atomic mass is 9.96. The molecule has 4 nitrogen and oxygen atoms in total. The van der Waals surface area contributed by atoms with Crippen LogP contribution < -0.4 is 10.6 Å². The SMILES string of the molecule is CCNC(CC)Cc1cccc2c1C(=O)NC2=O. The van der Waals surface area contributed by atoms with Crippen molar-refractivity contribution in [3.63, 3.8) is 0 Å². The van der Waals surface area contributed by atoms with Crippen LogP contribution in [0.3, 0.4) is 0 Å². The van der Waals surface area contributed by atoms with Gasteiger partial charge in [-0.05, 0) is 31.0 Å². The molecule has 0 saturated carbocycles. The Morgan fingerprint density at radius 3 is 2.67 bits per heavy atom. The predicted molar refractivity (Wildman–Crippen MR) is 69.7 cm³/mol. The number of rotatable bonds is 5. The van der Waals surface area contributed by atoms with E-state index in [1.54, 1.807) is 6.07 Å². The maximum atomic E-state index is 11.8. The molecule has 2 rings (SSSR count). The van der Waals surface area contributed by atoms with Gasteiger partial charge < -0.3 is 5.32 Å². The summed E-state index contributed by atoms with van der Waals surface area (Å²) in [5.74, 6) is -0.551. The van der Waals surface area contributed by atoms with Crippen molar-refractivity contribution in [2.24, 2.45) is 0 Å². The van der Waals surface area contributed by atoms with E-state index in [4.69, 9.17) is 0 Å². The highest BCUT2D eigenvalue weighted by molar-refractivity contribution is 6.22. The van der Waals surface area contributed by atoms with Crippen LogP contribution in [0.15, 0.2) is 18.2 Å². The standard InChI is InChI=1S/C14H18N2O2/c1-3-10(15-4-2)8-9-6-5-7-11-12(9)14(18)16-13(11)17/h5-7,10,15H,3-4,8H2,1-2H3,(H,16,17,18). The quantitative estimate of drug-likeness (QED) is 0.774. The van der Waals surface area contributed by atoms with Crippen LogP contribution in [0.25, 0.3) is 0 Å². The Morgan fingerprint density at radius 1 is 1.22 bits per heavy atom. The monoisotopic (exact) mass is 246 g/mol. The summed E-state index contributed by atoms with van der Waals surface area (Å²) >= 11 is 0. The van der Waals surface area contributed by atoms with Gasteiger partial charge in [-0.2, -0.15) is 0 Å². The fraction of sp³-hybridized carbons (Fsp3) is 0.429. The smallest absolute Gasteiger partial charge is 0.259 e. The third-order valence-corrected chi connectivity index (χ3v) is 3.30. The maximum Gasteiger partial charge on any atom is 0.259 e. The largest absolute Gasteiger partial charge is 0.314 e. The number of benzene rings is 1. The molecular formula is C14H18N2O2. The van der Waals surface area contributed by atoms with Crippen LogP contribution in [-0.2, 0) is 6.42 Å². The average molecular weight is 246 g/mol. The molecule has 2 N–H and O–H groups in total. The molecular weight excluding hydrogens is 228 g/mol. The molecule has 0 saturated heterocycles. The molecule has 1 atom stereocenters. The number of hydrogen-bond acceptors (Lipinski definition) is 3. The van der Waals surface area contributed by atoms with Gasteiger partial charge in [-0.15, -0.1) is 0 Å². The van der Waals surface area contributed by atoms with E-state index >= 15 is 0 Å². The zero-order chi connectivity index (χ0) is 13.1. The van der Waals surface area contributed by atoms with E-state index in [0.717, 1.165) is 24.9 Å². The van der Waals surface area contributed by atoms with Gasteiger partial charge in [0.1, 0.15) is 0 Å². The van der Waals surface area contributed by atoms with Crippen LogP contribution in [0, 0.1) is 0 Å². The van der Waals surface area contributed by atoms with Gasteiger partial charge in [-0.25, -0.2) is 0 Å². The number of carbonyl (C=O) groups excluding carboxylic acids is 2. The number of carbonyl (C=O) groups is 2. The first-order chi connectivity index (χ1) is 8.67. The highest BCUT2D eigenvalue weighted by Gasteiger charge is 2.29. The molecule has 1 aromatic carbocycles. The van der Waals surface area contributed by atoms with Gasteiger partial charge in [-0.1, -0.05) is 26.0 Å². The Bertz CT molecular complexity index is 483. The van der Waals surface area contributed by atoms with Gasteiger partial charge in [0, 0.05) is 6.04 Å². The molecule has 0 bridgehead atoms. The normalized spacial score (nSPS) is 15.4. The molecule has 4 heteroatoms. The molecule has 1 aliphatic rings. The minimum Gasteiger partial charge on any atom is -0.314 e. The molecule has 1 heterocycles. The molecule has 18 heavy (non-hydrogen) atoms. The lowest BCUT2D eigenvalue weighted by Crippen LogP contribution is -2.30.